The summed E-state index contributed by atoms with van der Waals surface area (Å²) in [5.74, 6) is 0.905. The molecule has 1 saturated heterocycles. The summed E-state index contributed by atoms with van der Waals surface area (Å²) in [6.07, 6.45) is 2.64. The van der Waals surface area contributed by atoms with Gasteiger partial charge in [0.05, 0.1) is 22.2 Å². The van der Waals surface area contributed by atoms with Crippen LogP contribution in [-0.2, 0) is 16.6 Å². The van der Waals surface area contributed by atoms with E-state index < -0.39 is 15.9 Å². The molecule has 0 atom stereocenters. The molecule has 176 valence electrons. The fraction of sp³-hybridized carbons (Fsp3) is 0.417. The van der Waals surface area contributed by atoms with Crippen LogP contribution < -0.4 is 9.54 Å². The minimum Gasteiger partial charge on any atom is -0.497 e. The summed E-state index contributed by atoms with van der Waals surface area (Å²) in [4.78, 5) is 18.1. The number of aromatic nitrogens is 1. The molecule has 1 aliphatic rings. The Morgan fingerprint density at radius 1 is 1.15 bits per heavy atom. The summed E-state index contributed by atoms with van der Waals surface area (Å²) in [6, 6.07) is 11.9. The largest absolute Gasteiger partial charge is 0.497 e. The van der Waals surface area contributed by atoms with Crippen molar-refractivity contribution in [3.63, 3.8) is 0 Å². The van der Waals surface area contributed by atoms with Crippen molar-refractivity contribution in [2.24, 2.45) is 10.9 Å². The first-order valence-corrected chi connectivity index (χ1v) is 13.5. The van der Waals surface area contributed by atoms with Gasteiger partial charge in [0.2, 0.25) is 10.0 Å². The molecule has 2 heterocycles. The molecule has 0 spiro atoms. The number of benzene rings is 2. The van der Waals surface area contributed by atoms with Crippen LogP contribution in [-0.4, -0.2) is 43.4 Å². The first kappa shape index (κ1) is 23.7. The molecule has 0 unspecified atom stereocenters. The Kier molecular flexibility index (Phi) is 7.02. The number of sulfonamides is 1. The summed E-state index contributed by atoms with van der Waals surface area (Å²) >= 11 is 1.44. The normalized spacial score (nSPS) is 16.4. The number of rotatable bonds is 6. The van der Waals surface area contributed by atoms with Crippen molar-refractivity contribution in [3.05, 3.63) is 52.8 Å². The summed E-state index contributed by atoms with van der Waals surface area (Å²) in [5, 5.41) is 0. The van der Waals surface area contributed by atoms with Crippen molar-refractivity contribution in [1.82, 2.24) is 8.87 Å². The summed E-state index contributed by atoms with van der Waals surface area (Å²) < 4.78 is 35.8. The van der Waals surface area contributed by atoms with Gasteiger partial charge in [0.25, 0.3) is 5.91 Å². The van der Waals surface area contributed by atoms with Gasteiger partial charge in [0.15, 0.2) is 4.80 Å². The lowest BCUT2D eigenvalue weighted by Crippen LogP contribution is -2.37. The maximum atomic E-state index is 12.9. The molecule has 1 amide bonds. The Balaban J connectivity index is 1.62. The van der Waals surface area contributed by atoms with Crippen molar-refractivity contribution in [2.45, 2.75) is 44.6 Å². The van der Waals surface area contributed by atoms with Crippen LogP contribution in [0.2, 0.25) is 0 Å². The highest BCUT2D eigenvalue weighted by Crippen LogP contribution is 2.25. The zero-order valence-corrected chi connectivity index (χ0v) is 20.8. The van der Waals surface area contributed by atoms with Gasteiger partial charge in [0.1, 0.15) is 5.75 Å². The van der Waals surface area contributed by atoms with Crippen LogP contribution in [0.15, 0.2) is 52.4 Å². The molecule has 0 radical (unpaired) electrons. The van der Waals surface area contributed by atoms with Gasteiger partial charge in [-0.25, -0.2) is 8.42 Å². The summed E-state index contributed by atoms with van der Waals surface area (Å²) in [7, 11) is -1.92. The Morgan fingerprint density at radius 2 is 1.85 bits per heavy atom. The zero-order valence-electron chi connectivity index (χ0n) is 19.2. The van der Waals surface area contributed by atoms with Crippen LogP contribution in [0.25, 0.3) is 10.2 Å². The van der Waals surface area contributed by atoms with Crippen LogP contribution in [0.3, 0.4) is 0 Å². The first-order chi connectivity index (χ1) is 15.8. The number of fused-ring (bicyclic) bond motifs is 1. The van der Waals surface area contributed by atoms with Gasteiger partial charge in [-0.15, -0.1) is 0 Å². The molecule has 1 aliphatic heterocycles. The van der Waals surface area contributed by atoms with Crippen molar-refractivity contribution < 1.29 is 17.9 Å². The number of hydrogen-bond donors (Lipinski definition) is 0. The van der Waals surface area contributed by atoms with E-state index >= 15 is 0 Å². The second-order valence-corrected chi connectivity index (χ2v) is 11.3. The third kappa shape index (κ3) is 4.90. The zero-order chi connectivity index (χ0) is 23.6. The van der Waals surface area contributed by atoms with Crippen LogP contribution in [0, 0.1) is 5.92 Å². The number of amides is 1. The lowest BCUT2D eigenvalue weighted by Gasteiger charge is -2.29. The molecule has 0 saturated carbocycles. The number of hydrogen-bond acceptors (Lipinski definition) is 5. The monoisotopic (exact) mass is 487 g/mol. The highest BCUT2D eigenvalue weighted by atomic mass is 32.2. The Bertz CT molecular complexity index is 1320. The second-order valence-electron chi connectivity index (χ2n) is 8.40. The van der Waals surface area contributed by atoms with E-state index in [-0.39, 0.29) is 4.90 Å². The van der Waals surface area contributed by atoms with Gasteiger partial charge in [-0.2, -0.15) is 9.30 Å². The van der Waals surface area contributed by atoms with Gasteiger partial charge in [-0.05, 0) is 67.6 Å². The number of methoxy groups -OCH3 is 1. The minimum atomic E-state index is -3.55. The quantitative estimate of drug-likeness (QED) is 0.520. The average molecular weight is 488 g/mol. The van der Waals surface area contributed by atoms with Crippen LogP contribution in [0.5, 0.6) is 5.75 Å². The number of carbonyl (C=O) groups is 1. The number of thiazole rings is 1. The number of aryl methyl sites for hydroxylation is 1. The standard InChI is InChI=1S/C24H29N3O4S2/c1-4-13-27-21-10-7-19(31-3)16-22(21)32-24(27)25-23(28)18-5-8-20(9-6-18)33(29,30)26-14-11-17(2)12-15-26/h5-10,16-17H,4,11-15H2,1-3H3. The number of carbonyl (C=O) groups excluding carboxylic acids is 1. The maximum absolute atomic E-state index is 12.9. The molecule has 1 fully saturated rings. The first-order valence-electron chi connectivity index (χ1n) is 11.2. The Labute approximate surface area is 198 Å². The molecule has 0 N–H and O–H groups in total. The third-order valence-electron chi connectivity index (χ3n) is 6.02. The molecule has 33 heavy (non-hydrogen) atoms. The molecule has 1 aromatic heterocycles. The lowest BCUT2D eigenvalue weighted by atomic mass is 10.0. The van der Waals surface area contributed by atoms with E-state index in [0.717, 1.165) is 41.8 Å². The maximum Gasteiger partial charge on any atom is 0.279 e. The number of piperidine rings is 1. The van der Waals surface area contributed by atoms with E-state index in [1.54, 1.807) is 19.2 Å². The third-order valence-corrected chi connectivity index (χ3v) is 8.97. The molecule has 4 rings (SSSR count). The van der Waals surface area contributed by atoms with Gasteiger partial charge in [-0.1, -0.05) is 25.2 Å². The SMILES string of the molecule is CCCn1c(=NC(=O)c2ccc(S(=O)(=O)N3CCC(C)CC3)cc2)sc2cc(OC)ccc21. The van der Waals surface area contributed by atoms with E-state index in [4.69, 9.17) is 4.74 Å². The molecule has 3 aromatic rings. The molecule has 9 heteroatoms. The predicted octanol–water partition coefficient (Wildman–Crippen LogP) is 4.28. The van der Waals surface area contributed by atoms with Crippen LogP contribution in [0.4, 0.5) is 0 Å². The van der Waals surface area contributed by atoms with Crippen molar-refractivity contribution in [3.8, 4) is 5.75 Å². The topological polar surface area (TPSA) is 81.0 Å². The van der Waals surface area contributed by atoms with E-state index in [2.05, 4.69) is 18.8 Å². The number of nitrogens with zero attached hydrogens (tertiary/aromatic N) is 3. The number of ether oxygens (including phenoxy) is 1. The predicted molar refractivity (Wildman–Crippen MR) is 130 cm³/mol. The van der Waals surface area contributed by atoms with Crippen molar-refractivity contribution >= 4 is 37.5 Å². The Morgan fingerprint density at radius 3 is 2.48 bits per heavy atom. The fourth-order valence-corrected chi connectivity index (χ4v) is 6.55. The second kappa shape index (κ2) is 9.79. The lowest BCUT2D eigenvalue weighted by molar-refractivity contribution is 0.0997. The van der Waals surface area contributed by atoms with Crippen molar-refractivity contribution in [2.75, 3.05) is 20.2 Å². The van der Waals surface area contributed by atoms with Gasteiger partial charge >= 0.3 is 0 Å². The highest BCUT2D eigenvalue weighted by Gasteiger charge is 2.28. The van der Waals surface area contributed by atoms with Crippen LogP contribution in [0.1, 0.15) is 43.5 Å². The Hall–Kier alpha value is -2.49. The molecule has 0 aliphatic carbocycles. The molecular weight excluding hydrogens is 458 g/mol. The summed E-state index contributed by atoms with van der Waals surface area (Å²) in [5.41, 5.74) is 1.37. The van der Waals surface area contributed by atoms with Gasteiger partial charge in [-0.3, -0.25) is 4.79 Å². The molecular formula is C24H29N3O4S2. The van der Waals surface area contributed by atoms with E-state index in [0.29, 0.717) is 29.4 Å². The van der Waals surface area contributed by atoms with E-state index in [1.807, 2.05) is 22.8 Å². The van der Waals surface area contributed by atoms with E-state index in [1.165, 1.54) is 27.8 Å². The average Bonchev–Trinajstić information content (AvgIpc) is 3.15. The summed E-state index contributed by atoms with van der Waals surface area (Å²) in [6.45, 7) is 6.03. The minimum absolute atomic E-state index is 0.212. The van der Waals surface area contributed by atoms with E-state index in [9.17, 15) is 13.2 Å². The van der Waals surface area contributed by atoms with Gasteiger partial charge in [0, 0.05) is 25.2 Å². The highest BCUT2D eigenvalue weighted by molar-refractivity contribution is 7.89. The molecule has 2 aromatic carbocycles. The van der Waals surface area contributed by atoms with Gasteiger partial charge < -0.3 is 9.30 Å². The van der Waals surface area contributed by atoms with Crippen molar-refractivity contribution in [1.29, 1.82) is 0 Å². The molecule has 7 nitrogen and oxygen atoms in total. The van der Waals surface area contributed by atoms with Crippen LogP contribution >= 0.6 is 11.3 Å². The fourth-order valence-electron chi connectivity index (χ4n) is 4.00. The molecule has 0 bridgehead atoms. The smallest absolute Gasteiger partial charge is 0.279 e.